The number of aryl methyl sites for hydroxylation is 1. The van der Waals surface area contributed by atoms with Crippen LogP contribution < -0.4 is 5.32 Å². The van der Waals surface area contributed by atoms with Crippen LogP contribution in [0.4, 0.5) is 0 Å². The molecule has 1 unspecified atom stereocenters. The van der Waals surface area contributed by atoms with Crippen LogP contribution in [-0.2, 0) is 0 Å². The summed E-state index contributed by atoms with van der Waals surface area (Å²) in [6.07, 6.45) is 0. The van der Waals surface area contributed by atoms with Gasteiger partial charge in [0.05, 0.1) is 0 Å². The summed E-state index contributed by atoms with van der Waals surface area (Å²) in [5.41, 5.74) is 2.67. The first kappa shape index (κ1) is 12.3. The molecule has 0 saturated carbocycles. The van der Waals surface area contributed by atoms with Gasteiger partial charge in [0.1, 0.15) is 0 Å². The molecule has 1 N–H and O–H groups in total. The third-order valence-corrected chi connectivity index (χ3v) is 4.07. The molecule has 2 atom stereocenters. The van der Waals surface area contributed by atoms with Crippen LogP contribution in [0.2, 0.25) is 0 Å². The third kappa shape index (κ3) is 3.18. The van der Waals surface area contributed by atoms with E-state index in [0.29, 0.717) is 12.1 Å². The molecule has 0 saturated heterocycles. The van der Waals surface area contributed by atoms with Gasteiger partial charge < -0.3 is 5.32 Å². The SMILES string of the molecule is Cc1cccc(C(C)N[C@@H](C)c2cccs2)c1. The van der Waals surface area contributed by atoms with Crippen LogP contribution in [-0.4, -0.2) is 0 Å². The molecule has 0 aliphatic rings. The molecule has 0 aliphatic heterocycles. The standard InChI is InChI=1S/C15H19NS/c1-11-6-4-7-14(10-11)12(2)16-13(3)15-8-5-9-17-15/h4-10,12-13,16H,1-3H3/t12?,13-/m0/s1. The first-order valence-corrected chi connectivity index (χ1v) is 6.91. The van der Waals surface area contributed by atoms with Crippen molar-refractivity contribution in [2.45, 2.75) is 32.9 Å². The van der Waals surface area contributed by atoms with Crippen molar-refractivity contribution in [3.63, 3.8) is 0 Å². The van der Waals surface area contributed by atoms with E-state index in [1.165, 1.54) is 16.0 Å². The summed E-state index contributed by atoms with van der Waals surface area (Å²) < 4.78 is 0. The van der Waals surface area contributed by atoms with Gasteiger partial charge in [-0.15, -0.1) is 11.3 Å². The van der Waals surface area contributed by atoms with Gasteiger partial charge in [-0.05, 0) is 37.8 Å². The maximum absolute atomic E-state index is 3.64. The minimum Gasteiger partial charge on any atom is -0.303 e. The summed E-state index contributed by atoms with van der Waals surface area (Å²) in [7, 11) is 0. The van der Waals surface area contributed by atoms with E-state index in [9.17, 15) is 0 Å². The molecule has 0 bridgehead atoms. The summed E-state index contributed by atoms with van der Waals surface area (Å²) in [5, 5.41) is 5.77. The lowest BCUT2D eigenvalue weighted by Crippen LogP contribution is -2.21. The van der Waals surface area contributed by atoms with Crippen LogP contribution in [0.1, 0.15) is 41.9 Å². The molecule has 1 nitrogen and oxygen atoms in total. The fourth-order valence-corrected chi connectivity index (χ4v) is 2.77. The Morgan fingerprint density at radius 3 is 2.53 bits per heavy atom. The van der Waals surface area contributed by atoms with Crippen molar-refractivity contribution in [2.75, 3.05) is 0 Å². The van der Waals surface area contributed by atoms with E-state index in [1.807, 2.05) is 11.3 Å². The van der Waals surface area contributed by atoms with E-state index in [4.69, 9.17) is 0 Å². The molecular weight excluding hydrogens is 226 g/mol. The maximum Gasteiger partial charge on any atom is 0.0391 e. The van der Waals surface area contributed by atoms with Crippen LogP contribution in [0.5, 0.6) is 0 Å². The Hall–Kier alpha value is -1.12. The van der Waals surface area contributed by atoms with Gasteiger partial charge in [0.2, 0.25) is 0 Å². The number of hydrogen-bond acceptors (Lipinski definition) is 2. The smallest absolute Gasteiger partial charge is 0.0391 e. The lowest BCUT2D eigenvalue weighted by atomic mass is 10.0. The molecule has 0 fully saturated rings. The van der Waals surface area contributed by atoms with Crippen molar-refractivity contribution in [2.24, 2.45) is 0 Å². The van der Waals surface area contributed by atoms with Crippen molar-refractivity contribution < 1.29 is 0 Å². The van der Waals surface area contributed by atoms with E-state index >= 15 is 0 Å². The Kier molecular flexibility index (Phi) is 3.97. The molecule has 2 rings (SSSR count). The lowest BCUT2D eigenvalue weighted by molar-refractivity contribution is 0.500. The largest absolute Gasteiger partial charge is 0.303 e. The minimum absolute atomic E-state index is 0.381. The van der Waals surface area contributed by atoms with Gasteiger partial charge in [0.15, 0.2) is 0 Å². The quantitative estimate of drug-likeness (QED) is 0.838. The fourth-order valence-electron chi connectivity index (χ4n) is 2.03. The van der Waals surface area contributed by atoms with Gasteiger partial charge in [-0.25, -0.2) is 0 Å². The zero-order valence-electron chi connectivity index (χ0n) is 10.6. The van der Waals surface area contributed by atoms with Gasteiger partial charge >= 0.3 is 0 Å². The highest BCUT2D eigenvalue weighted by Crippen LogP contribution is 2.22. The molecule has 1 aromatic heterocycles. The average Bonchev–Trinajstić information content (AvgIpc) is 2.82. The third-order valence-electron chi connectivity index (χ3n) is 3.01. The monoisotopic (exact) mass is 245 g/mol. The lowest BCUT2D eigenvalue weighted by Gasteiger charge is -2.19. The van der Waals surface area contributed by atoms with Gasteiger partial charge in [-0.3, -0.25) is 0 Å². The van der Waals surface area contributed by atoms with Crippen LogP contribution >= 0.6 is 11.3 Å². The topological polar surface area (TPSA) is 12.0 Å². The fraction of sp³-hybridized carbons (Fsp3) is 0.333. The number of thiophene rings is 1. The summed E-state index contributed by atoms with van der Waals surface area (Å²) in [6.45, 7) is 6.58. The molecule has 90 valence electrons. The minimum atomic E-state index is 0.381. The Morgan fingerprint density at radius 1 is 1.06 bits per heavy atom. The molecule has 2 heteroatoms. The zero-order chi connectivity index (χ0) is 12.3. The highest BCUT2D eigenvalue weighted by Gasteiger charge is 2.11. The Labute approximate surface area is 108 Å². The Morgan fingerprint density at radius 2 is 1.88 bits per heavy atom. The van der Waals surface area contributed by atoms with E-state index < -0.39 is 0 Å². The van der Waals surface area contributed by atoms with Crippen molar-refractivity contribution in [3.8, 4) is 0 Å². The molecule has 1 aromatic carbocycles. The summed E-state index contributed by atoms with van der Waals surface area (Å²) >= 11 is 1.81. The van der Waals surface area contributed by atoms with Crippen LogP contribution in [0.3, 0.4) is 0 Å². The molecule has 1 heterocycles. The second-order valence-electron chi connectivity index (χ2n) is 4.54. The van der Waals surface area contributed by atoms with E-state index in [0.717, 1.165) is 0 Å². The van der Waals surface area contributed by atoms with Gasteiger partial charge in [0, 0.05) is 17.0 Å². The summed E-state index contributed by atoms with van der Waals surface area (Å²) in [5.74, 6) is 0. The molecule has 0 spiro atoms. The predicted molar refractivity (Wildman–Crippen MR) is 75.5 cm³/mol. The predicted octanol–water partition coefficient (Wildman–Crippen LogP) is 4.47. The average molecular weight is 245 g/mol. The normalized spacial score (nSPS) is 14.5. The highest BCUT2D eigenvalue weighted by molar-refractivity contribution is 7.10. The second kappa shape index (κ2) is 5.48. The second-order valence-corrected chi connectivity index (χ2v) is 5.52. The van der Waals surface area contributed by atoms with Gasteiger partial charge in [-0.1, -0.05) is 35.9 Å². The van der Waals surface area contributed by atoms with E-state index in [1.54, 1.807) is 0 Å². The van der Waals surface area contributed by atoms with Crippen molar-refractivity contribution >= 4 is 11.3 Å². The van der Waals surface area contributed by atoms with E-state index in [-0.39, 0.29) is 0 Å². The van der Waals surface area contributed by atoms with Gasteiger partial charge in [-0.2, -0.15) is 0 Å². The summed E-state index contributed by atoms with van der Waals surface area (Å²) in [4.78, 5) is 1.39. The molecule has 0 radical (unpaired) electrons. The molecule has 0 amide bonds. The summed E-state index contributed by atoms with van der Waals surface area (Å²) in [6, 6.07) is 13.8. The number of rotatable bonds is 4. The maximum atomic E-state index is 3.64. The van der Waals surface area contributed by atoms with Crippen molar-refractivity contribution in [1.82, 2.24) is 5.32 Å². The van der Waals surface area contributed by atoms with Crippen LogP contribution in [0.25, 0.3) is 0 Å². The molecule has 2 aromatic rings. The number of hydrogen-bond donors (Lipinski definition) is 1. The van der Waals surface area contributed by atoms with Gasteiger partial charge in [0.25, 0.3) is 0 Å². The van der Waals surface area contributed by atoms with Crippen LogP contribution in [0.15, 0.2) is 41.8 Å². The molecule has 0 aliphatic carbocycles. The van der Waals surface area contributed by atoms with E-state index in [2.05, 4.69) is 67.9 Å². The highest BCUT2D eigenvalue weighted by atomic mass is 32.1. The first-order valence-electron chi connectivity index (χ1n) is 6.03. The first-order chi connectivity index (χ1) is 8.16. The van der Waals surface area contributed by atoms with Crippen molar-refractivity contribution in [1.29, 1.82) is 0 Å². The Balaban J connectivity index is 2.04. The van der Waals surface area contributed by atoms with Crippen LogP contribution in [0, 0.1) is 6.92 Å². The Bertz CT molecular complexity index is 462. The molecule has 17 heavy (non-hydrogen) atoms. The number of benzene rings is 1. The van der Waals surface area contributed by atoms with Crippen molar-refractivity contribution in [3.05, 3.63) is 57.8 Å². The number of nitrogens with one attached hydrogen (secondary N) is 1. The molecular formula is C15H19NS. The zero-order valence-corrected chi connectivity index (χ0v) is 11.4.